The lowest BCUT2D eigenvalue weighted by atomic mass is 9.79. The summed E-state index contributed by atoms with van der Waals surface area (Å²) in [6.45, 7) is 3.76. The summed E-state index contributed by atoms with van der Waals surface area (Å²) in [6.07, 6.45) is 0.688. The van der Waals surface area contributed by atoms with Crippen molar-refractivity contribution in [3.8, 4) is 0 Å². The number of aliphatic hydroxyl groups excluding tert-OH is 2. The van der Waals surface area contributed by atoms with E-state index in [0.717, 1.165) is 0 Å². The van der Waals surface area contributed by atoms with Crippen LogP contribution >= 0.6 is 0 Å². The maximum Gasteiger partial charge on any atom is 0.201 e. The minimum atomic E-state index is -0.454. The van der Waals surface area contributed by atoms with Crippen molar-refractivity contribution in [3.05, 3.63) is 11.5 Å². The molecule has 0 bridgehead atoms. The molecular weight excluding hydrogens is 144 g/mol. The van der Waals surface area contributed by atoms with Crippen LogP contribution in [0.15, 0.2) is 11.5 Å². The SMILES string of the molecule is CC1(C)CC(=O)C(O)=C(O)C1. The monoisotopic (exact) mass is 156 g/mol. The van der Waals surface area contributed by atoms with Gasteiger partial charge in [-0.05, 0) is 5.41 Å². The first-order chi connectivity index (χ1) is 4.92. The third-order valence-corrected chi connectivity index (χ3v) is 1.82. The fourth-order valence-electron chi connectivity index (χ4n) is 1.28. The van der Waals surface area contributed by atoms with Crippen LogP contribution in [0.25, 0.3) is 0 Å². The molecule has 1 aliphatic rings. The Morgan fingerprint density at radius 1 is 1.27 bits per heavy atom. The second kappa shape index (κ2) is 2.26. The van der Waals surface area contributed by atoms with Crippen LogP contribution < -0.4 is 0 Å². The van der Waals surface area contributed by atoms with Crippen LogP contribution in [0.3, 0.4) is 0 Å². The topological polar surface area (TPSA) is 57.5 Å². The molecule has 1 aliphatic carbocycles. The van der Waals surface area contributed by atoms with Crippen molar-refractivity contribution >= 4 is 5.78 Å². The van der Waals surface area contributed by atoms with E-state index in [1.54, 1.807) is 0 Å². The van der Waals surface area contributed by atoms with Crippen LogP contribution in [0, 0.1) is 5.41 Å². The molecule has 0 atom stereocenters. The predicted molar refractivity (Wildman–Crippen MR) is 40.3 cm³/mol. The van der Waals surface area contributed by atoms with Crippen LogP contribution in [0.5, 0.6) is 0 Å². The standard InChI is InChI=1S/C8H12O3/c1-8(2)3-5(9)7(11)6(10)4-8/h9,11H,3-4H2,1-2H3. The zero-order valence-corrected chi connectivity index (χ0v) is 6.72. The van der Waals surface area contributed by atoms with Gasteiger partial charge in [0.25, 0.3) is 0 Å². The molecule has 0 saturated heterocycles. The molecule has 3 heteroatoms. The Bertz CT molecular complexity index is 225. The van der Waals surface area contributed by atoms with Crippen LogP contribution in [0.2, 0.25) is 0 Å². The zero-order valence-electron chi connectivity index (χ0n) is 6.72. The third kappa shape index (κ3) is 1.53. The Kier molecular flexibility index (Phi) is 1.66. The molecule has 0 aromatic carbocycles. The molecule has 0 radical (unpaired) electrons. The number of aliphatic hydroxyl groups is 2. The highest BCUT2D eigenvalue weighted by molar-refractivity contribution is 5.94. The Morgan fingerprint density at radius 3 is 2.27 bits per heavy atom. The summed E-state index contributed by atoms with van der Waals surface area (Å²) in [5.74, 6) is -0.991. The fourth-order valence-corrected chi connectivity index (χ4v) is 1.28. The second-order valence-electron chi connectivity index (χ2n) is 3.74. The summed E-state index contributed by atoms with van der Waals surface area (Å²) in [5.41, 5.74) is -0.215. The lowest BCUT2D eigenvalue weighted by Gasteiger charge is -2.27. The van der Waals surface area contributed by atoms with Gasteiger partial charge in [0.15, 0.2) is 5.76 Å². The Hall–Kier alpha value is -0.990. The van der Waals surface area contributed by atoms with Crippen molar-refractivity contribution in [3.63, 3.8) is 0 Å². The quantitative estimate of drug-likeness (QED) is 0.561. The molecule has 62 valence electrons. The molecule has 11 heavy (non-hydrogen) atoms. The fraction of sp³-hybridized carbons (Fsp3) is 0.625. The average Bonchev–Trinajstić information content (AvgIpc) is 1.81. The van der Waals surface area contributed by atoms with Gasteiger partial charge in [0.2, 0.25) is 5.78 Å². The molecule has 0 spiro atoms. The minimum absolute atomic E-state index is 0.175. The largest absolute Gasteiger partial charge is 0.508 e. The summed E-state index contributed by atoms with van der Waals surface area (Å²) in [4.78, 5) is 11.0. The van der Waals surface area contributed by atoms with Crippen LogP contribution in [0.4, 0.5) is 0 Å². The maximum atomic E-state index is 11.0. The number of rotatable bonds is 0. The van der Waals surface area contributed by atoms with E-state index in [9.17, 15) is 4.79 Å². The van der Waals surface area contributed by atoms with Crippen LogP contribution in [-0.4, -0.2) is 16.0 Å². The smallest absolute Gasteiger partial charge is 0.201 e. The first-order valence-electron chi connectivity index (χ1n) is 3.57. The summed E-state index contributed by atoms with van der Waals surface area (Å²) < 4.78 is 0. The van der Waals surface area contributed by atoms with Crippen molar-refractivity contribution < 1.29 is 15.0 Å². The predicted octanol–water partition coefficient (Wildman–Crippen LogP) is 1.70. The molecular formula is C8H12O3. The number of carbonyl (C=O) groups excluding carboxylic acids is 1. The third-order valence-electron chi connectivity index (χ3n) is 1.82. The summed E-state index contributed by atoms with van der Waals surface area (Å²) in [6, 6.07) is 0. The number of allylic oxidation sites excluding steroid dienone is 2. The molecule has 2 N–H and O–H groups in total. The van der Waals surface area contributed by atoms with E-state index in [1.165, 1.54) is 0 Å². The molecule has 0 heterocycles. The second-order valence-corrected chi connectivity index (χ2v) is 3.74. The van der Waals surface area contributed by atoms with E-state index in [1.807, 2.05) is 13.8 Å². The number of hydrogen-bond acceptors (Lipinski definition) is 3. The summed E-state index contributed by atoms with van der Waals surface area (Å²) >= 11 is 0. The minimum Gasteiger partial charge on any atom is -0.508 e. The van der Waals surface area contributed by atoms with Gasteiger partial charge in [-0.25, -0.2) is 0 Å². The van der Waals surface area contributed by atoms with Crippen molar-refractivity contribution in [1.82, 2.24) is 0 Å². The molecule has 0 saturated carbocycles. The normalized spacial score (nSPS) is 24.0. The summed E-state index contributed by atoms with van der Waals surface area (Å²) in [5, 5.41) is 18.1. The molecule has 0 aromatic heterocycles. The van der Waals surface area contributed by atoms with Gasteiger partial charge in [0.05, 0.1) is 0 Å². The number of hydrogen-bond donors (Lipinski definition) is 2. The van der Waals surface area contributed by atoms with Gasteiger partial charge in [0.1, 0.15) is 5.76 Å². The highest BCUT2D eigenvalue weighted by Gasteiger charge is 2.32. The van der Waals surface area contributed by atoms with E-state index in [-0.39, 0.29) is 17.0 Å². The van der Waals surface area contributed by atoms with Crippen molar-refractivity contribution in [2.45, 2.75) is 26.7 Å². The molecule has 0 fully saturated rings. The zero-order chi connectivity index (χ0) is 8.65. The van der Waals surface area contributed by atoms with Gasteiger partial charge in [-0.1, -0.05) is 13.8 Å². The lowest BCUT2D eigenvalue weighted by molar-refractivity contribution is -0.121. The van der Waals surface area contributed by atoms with Gasteiger partial charge >= 0.3 is 0 Å². The van der Waals surface area contributed by atoms with Crippen molar-refractivity contribution in [2.24, 2.45) is 5.41 Å². The molecule has 0 unspecified atom stereocenters. The summed E-state index contributed by atoms with van der Waals surface area (Å²) in [7, 11) is 0. The Morgan fingerprint density at radius 2 is 1.82 bits per heavy atom. The molecule has 3 nitrogen and oxygen atoms in total. The van der Waals surface area contributed by atoms with Gasteiger partial charge in [-0.2, -0.15) is 0 Å². The van der Waals surface area contributed by atoms with Gasteiger partial charge in [0, 0.05) is 12.8 Å². The molecule has 0 amide bonds. The highest BCUT2D eigenvalue weighted by Crippen LogP contribution is 2.34. The van der Waals surface area contributed by atoms with Crippen molar-refractivity contribution in [2.75, 3.05) is 0 Å². The van der Waals surface area contributed by atoms with Crippen LogP contribution in [0.1, 0.15) is 26.7 Å². The molecule has 0 aromatic rings. The lowest BCUT2D eigenvalue weighted by Crippen LogP contribution is -2.25. The van der Waals surface area contributed by atoms with E-state index < -0.39 is 5.76 Å². The number of carbonyl (C=O) groups is 1. The first kappa shape index (κ1) is 8.11. The maximum absolute atomic E-state index is 11.0. The van der Waals surface area contributed by atoms with Crippen LogP contribution in [-0.2, 0) is 4.79 Å². The first-order valence-corrected chi connectivity index (χ1v) is 3.57. The van der Waals surface area contributed by atoms with E-state index >= 15 is 0 Å². The van der Waals surface area contributed by atoms with E-state index in [2.05, 4.69) is 0 Å². The van der Waals surface area contributed by atoms with Gasteiger partial charge < -0.3 is 10.2 Å². The van der Waals surface area contributed by atoms with E-state index in [0.29, 0.717) is 12.8 Å². The van der Waals surface area contributed by atoms with Crippen molar-refractivity contribution in [1.29, 1.82) is 0 Å². The van der Waals surface area contributed by atoms with Gasteiger partial charge in [-0.15, -0.1) is 0 Å². The molecule has 0 aliphatic heterocycles. The number of ketones is 1. The Balaban J connectivity index is 2.94. The highest BCUT2D eigenvalue weighted by atomic mass is 16.3. The Labute approximate surface area is 65.3 Å². The number of Topliss-reactive ketones (excluding diaryl/α,β-unsaturated/α-hetero) is 1. The van der Waals surface area contributed by atoms with E-state index in [4.69, 9.17) is 10.2 Å². The average molecular weight is 156 g/mol. The molecule has 1 rings (SSSR count). The van der Waals surface area contributed by atoms with Gasteiger partial charge in [-0.3, -0.25) is 4.79 Å².